The highest BCUT2D eigenvalue weighted by Crippen LogP contribution is 2.29. The highest BCUT2D eigenvalue weighted by Gasteiger charge is 2.28. The molecule has 3 rings (SSSR count). The molecule has 0 spiro atoms. The molecule has 3 aromatic carbocycles. The Kier molecular flexibility index (Phi) is 8.26. The molecule has 174 valence electrons. The maximum atomic E-state index is 13.4. The van der Waals surface area contributed by atoms with E-state index in [4.69, 9.17) is 39.5 Å². The Labute approximate surface area is 208 Å². The molecular formula is C23H21Cl3N2O4S. The van der Waals surface area contributed by atoms with Crippen molar-refractivity contribution in [3.05, 3.63) is 86.9 Å². The highest BCUT2D eigenvalue weighted by atomic mass is 35.5. The molecule has 0 fully saturated rings. The molecule has 0 radical (unpaired) electrons. The van der Waals surface area contributed by atoms with Crippen molar-refractivity contribution in [1.29, 1.82) is 0 Å². The predicted octanol–water partition coefficient (Wildman–Crippen LogP) is 5.79. The van der Waals surface area contributed by atoms with Crippen molar-refractivity contribution in [1.82, 2.24) is 4.31 Å². The zero-order valence-corrected chi connectivity index (χ0v) is 20.9. The summed E-state index contributed by atoms with van der Waals surface area (Å²) in [6.45, 7) is 1.18. The van der Waals surface area contributed by atoms with E-state index in [1.165, 1.54) is 31.4 Å². The van der Waals surface area contributed by atoms with Crippen LogP contribution in [0.5, 0.6) is 5.75 Å². The number of methoxy groups -OCH3 is 1. The van der Waals surface area contributed by atoms with E-state index in [1.807, 2.05) is 13.0 Å². The van der Waals surface area contributed by atoms with Gasteiger partial charge in [-0.15, -0.1) is 0 Å². The Morgan fingerprint density at radius 1 is 1.00 bits per heavy atom. The van der Waals surface area contributed by atoms with E-state index >= 15 is 0 Å². The van der Waals surface area contributed by atoms with Gasteiger partial charge in [0.05, 0.1) is 24.2 Å². The summed E-state index contributed by atoms with van der Waals surface area (Å²) >= 11 is 18.5. The summed E-state index contributed by atoms with van der Waals surface area (Å²) in [5.41, 5.74) is 1.72. The number of benzene rings is 3. The molecule has 1 N–H and O–H groups in total. The fraction of sp³-hybridized carbons (Fsp3) is 0.174. The molecular weight excluding hydrogens is 507 g/mol. The highest BCUT2D eigenvalue weighted by molar-refractivity contribution is 7.89. The van der Waals surface area contributed by atoms with E-state index in [0.29, 0.717) is 32.1 Å². The van der Waals surface area contributed by atoms with Gasteiger partial charge in [-0.05, 0) is 61.0 Å². The molecule has 6 nitrogen and oxygen atoms in total. The number of hydrogen-bond acceptors (Lipinski definition) is 4. The lowest BCUT2D eigenvalue weighted by atomic mass is 10.2. The summed E-state index contributed by atoms with van der Waals surface area (Å²) in [6.07, 6.45) is 0. The van der Waals surface area contributed by atoms with Crippen LogP contribution in [0.25, 0.3) is 0 Å². The van der Waals surface area contributed by atoms with E-state index in [1.54, 1.807) is 30.3 Å². The summed E-state index contributed by atoms with van der Waals surface area (Å²) in [6, 6.07) is 15.8. The van der Waals surface area contributed by atoms with Crippen molar-refractivity contribution >= 4 is 56.4 Å². The number of aryl methyl sites for hydroxylation is 1. The molecule has 0 bridgehead atoms. The lowest BCUT2D eigenvalue weighted by Gasteiger charge is -2.23. The van der Waals surface area contributed by atoms with Crippen molar-refractivity contribution in [3.8, 4) is 5.75 Å². The van der Waals surface area contributed by atoms with Gasteiger partial charge in [-0.25, -0.2) is 8.42 Å². The topological polar surface area (TPSA) is 75.7 Å². The van der Waals surface area contributed by atoms with Gasteiger partial charge in [-0.3, -0.25) is 4.79 Å². The molecule has 1 amide bonds. The SMILES string of the molecule is COc1ccc(C)cc1NC(=O)CN(Cc1c(Cl)cccc1Cl)S(=O)(=O)c1ccc(Cl)cc1. The van der Waals surface area contributed by atoms with Crippen molar-refractivity contribution in [2.75, 3.05) is 19.0 Å². The van der Waals surface area contributed by atoms with Crippen molar-refractivity contribution in [2.45, 2.75) is 18.4 Å². The third-order valence-electron chi connectivity index (χ3n) is 4.80. The third kappa shape index (κ3) is 6.19. The molecule has 0 atom stereocenters. The van der Waals surface area contributed by atoms with Gasteiger partial charge in [0.25, 0.3) is 0 Å². The van der Waals surface area contributed by atoms with Gasteiger partial charge in [0.1, 0.15) is 5.75 Å². The number of rotatable bonds is 8. The third-order valence-corrected chi connectivity index (χ3v) is 7.56. The first-order chi connectivity index (χ1) is 15.6. The maximum absolute atomic E-state index is 13.4. The minimum absolute atomic E-state index is 0.0176. The van der Waals surface area contributed by atoms with Crippen LogP contribution < -0.4 is 10.1 Å². The standard InChI is InChI=1S/C23H21Cl3N2O4S/c1-15-6-11-22(32-2)21(12-15)27-23(29)14-28(13-18-19(25)4-3-5-20(18)26)33(30,31)17-9-7-16(24)8-10-17/h3-12H,13-14H2,1-2H3,(H,27,29). The van der Waals surface area contributed by atoms with E-state index in [0.717, 1.165) is 9.87 Å². The normalized spacial score (nSPS) is 11.5. The Morgan fingerprint density at radius 3 is 2.24 bits per heavy atom. The first-order valence-corrected chi connectivity index (χ1v) is 12.3. The van der Waals surface area contributed by atoms with Crippen LogP contribution in [-0.2, 0) is 21.4 Å². The smallest absolute Gasteiger partial charge is 0.243 e. The van der Waals surface area contributed by atoms with Gasteiger partial charge < -0.3 is 10.1 Å². The van der Waals surface area contributed by atoms with Crippen LogP contribution >= 0.6 is 34.8 Å². The molecule has 0 saturated heterocycles. The monoisotopic (exact) mass is 526 g/mol. The summed E-state index contributed by atoms with van der Waals surface area (Å²) < 4.78 is 33.2. The van der Waals surface area contributed by atoms with Gasteiger partial charge >= 0.3 is 0 Å². The Bertz CT molecular complexity index is 1240. The number of amides is 1. The molecule has 0 aliphatic carbocycles. The Morgan fingerprint density at radius 2 is 1.64 bits per heavy atom. The summed E-state index contributed by atoms with van der Waals surface area (Å²) in [5.74, 6) is -0.102. The molecule has 3 aromatic rings. The first kappa shape index (κ1) is 25.3. The maximum Gasteiger partial charge on any atom is 0.243 e. The van der Waals surface area contributed by atoms with E-state index in [2.05, 4.69) is 5.32 Å². The molecule has 0 aromatic heterocycles. The average molecular weight is 528 g/mol. The largest absolute Gasteiger partial charge is 0.495 e. The van der Waals surface area contributed by atoms with Gasteiger partial charge in [-0.2, -0.15) is 4.31 Å². The minimum atomic E-state index is -4.10. The number of carbonyl (C=O) groups is 1. The second kappa shape index (κ2) is 10.8. The van der Waals surface area contributed by atoms with Crippen LogP contribution in [0.4, 0.5) is 5.69 Å². The number of halogens is 3. The van der Waals surface area contributed by atoms with Crippen LogP contribution in [0.1, 0.15) is 11.1 Å². The number of sulfonamides is 1. The molecule has 0 saturated carbocycles. The first-order valence-electron chi connectivity index (χ1n) is 9.75. The Hall–Kier alpha value is -2.29. The van der Waals surface area contributed by atoms with Crippen LogP contribution in [0.15, 0.2) is 65.6 Å². The van der Waals surface area contributed by atoms with Crippen molar-refractivity contribution < 1.29 is 17.9 Å². The summed E-state index contributed by atoms with van der Waals surface area (Å²) in [5, 5.41) is 3.69. The number of nitrogens with one attached hydrogen (secondary N) is 1. The summed E-state index contributed by atoms with van der Waals surface area (Å²) in [7, 11) is -2.61. The van der Waals surface area contributed by atoms with Gasteiger partial charge in [0, 0.05) is 27.2 Å². The van der Waals surface area contributed by atoms with Crippen LogP contribution in [0.2, 0.25) is 15.1 Å². The summed E-state index contributed by atoms with van der Waals surface area (Å²) in [4.78, 5) is 12.9. The van der Waals surface area contributed by atoms with Gasteiger partial charge in [0.15, 0.2) is 0 Å². The lowest BCUT2D eigenvalue weighted by molar-refractivity contribution is -0.116. The fourth-order valence-corrected chi connectivity index (χ4v) is 5.12. The van der Waals surface area contributed by atoms with E-state index in [9.17, 15) is 13.2 Å². The number of anilines is 1. The van der Waals surface area contributed by atoms with E-state index in [-0.39, 0.29) is 11.4 Å². The number of ether oxygens (including phenoxy) is 1. The molecule has 0 unspecified atom stereocenters. The second-order valence-electron chi connectivity index (χ2n) is 7.18. The van der Waals surface area contributed by atoms with Crippen molar-refractivity contribution in [3.63, 3.8) is 0 Å². The lowest BCUT2D eigenvalue weighted by Crippen LogP contribution is -2.37. The molecule has 33 heavy (non-hydrogen) atoms. The zero-order valence-electron chi connectivity index (χ0n) is 17.8. The van der Waals surface area contributed by atoms with Crippen LogP contribution in [0.3, 0.4) is 0 Å². The van der Waals surface area contributed by atoms with Crippen LogP contribution in [-0.4, -0.2) is 32.3 Å². The quantitative estimate of drug-likeness (QED) is 0.402. The second-order valence-corrected chi connectivity index (χ2v) is 10.4. The average Bonchev–Trinajstić information content (AvgIpc) is 2.76. The predicted molar refractivity (Wildman–Crippen MR) is 132 cm³/mol. The molecule has 0 aliphatic rings. The van der Waals surface area contributed by atoms with E-state index < -0.39 is 22.5 Å². The van der Waals surface area contributed by atoms with Crippen LogP contribution in [0, 0.1) is 6.92 Å². The van der Waals surface area contributed by atoms with Crippen molar-refractivity contribution in [2.24, 2.45) is 0 Å². The molecule has 10 heteroatoms. The number of nitrogens with zero attached hydrogens (tertiary/aromatic N) is 1. The zero-order chi connectivity index (χ0) is 24.2. The van der Waals surface area contributed by atoms with Gasteiger partial charge in [-0.1, -0.05) is 46.9 Å². The minimum Gasteiger partial charge on any atom is -0.495 e. The van der Waals surface area contributed by atoms with Gasteiger partial charge in [0.2, 0.25) is 15.9 Å². The molecule has 0 heterocycles. The fourth-order valence-electron chi connectivity index (χ4n) is 3.11. The Balaban J connectivity index is 1.95. The number of hydrogen-bond donors (Lipinski definition) is 1. The molecule has 0 aliphatic heterocycles. The number of carbonyl (C=O) groups excluding carboxylic acids is 1.